The van der Waals surface area contributed by atoms with Crippen LogP contribution >= 0.6 is 0 Å². The number of nitrogens with one attached hydrogen (secondary N) is 1. The number of carbonyl (C=O) groups is 2. The molecule has 1 N–H and O–H groups in total. The lowest BCUT2D eigenvalue weighted by Crippen LogP contribution is -2.45. The van der Waals surface area contributed by atoms with E-state index in [0.29, 0.717) is 12.5 Å². The predicted octanol–water partition coefficient (Wildman–Crippen LogP) is 2.14. The van der Waals surface area contributed by atoms with Crippen LogP contribution in [0, 0.1) is 17.3 Å². The molecule has 0 aromatic heterocycles. The maximum atomic E-state index is 12.4. The van der Waals surface area contributed by atoms with Crippen molar-refractivity contribution in [1.82, 2.24) is 5.32 Å². The van der Waals surface area contributed by atoms with Crippen molar-refractivity contribution in [2.24, 2.45) is 17.3 Å². The van der Waals surface area contributed by atoms with Crippen LogP contribution in [-0.4, -0.2) is 37.7 Å². The third-order valence-corrected chi connectivity index (χ3v) is 3.94. The number of hydrogen-bond donors (Lipinski definition) is 1. The van der Waals surface area contributed by atoms with Crippen LogP contribution in [0.1, 0.15) is 47.5 Å². The van der Waals surface area contributed by atoms with E-state index in [1.165, 1.54) is 0 Å². The molecule has 1 rings (SSSR count). The minimum Gasteiger partial charge on any atom is -0.465 e. The standard InChI is InChI=1S/C16H29NO4/c1-6-12-11(8-9-21-12)10-17-14(18)13(16(3,4)5)15(19)20-7-2/h11-13H,6-10H2,1-5H3,(H,17,18). The van der Waals surface area contributed by atoms with Gasteiger partial charge >= 0.3 is 5.97 Å². The van der Waals surface area contributed by atoms with Gasteiger partial charge in [0.25, 0.3) is 0 Å². The maximum absolute atomic E-state index is 12.4. The number of ether oxygens (including phenoxy) is 2. The van der Waals surface area contributed by atoms with Crippen molar-refractivity contribution in [2.75, 3.05) is 19.8 Å². The lowest BCUT2D eigenvalue weighted by molar-refractivity contribution is -0.156. The second-order valence-electron chi connectivity index (χ2n) is 6.66. The molecule has 21 heavy (non-hydrogen) atoms. The Labute approximate surface area is 127 Å². The Morgan fingerprint density at radius 3 is 2.52 bits per heavy atom. The molecule has 122 valence electrons. The van der Waals surface area contributed by atoms with Gasteiger partial charge in [-0.25, -0.2) is 0 Å². The van der Waals surface area contributed by atoms with E-state index in [0.717, 1.165) is 19.4 Å². The van der Waals surface area contributed by atoms with Gasteiger partial charge in [-0.05, 0) is 25.2 Å². The summed E-state index contributed by atoms with van der Waals surface area (Å²) in [6, 6.07) is 0. The van der Waals surface area contributed by atoms with Crippen molar-refractivity contribution < 1.29 is 19.1 Å². The number of hydrogen-bond acceptors (Lipinski definition) is 4. The topological polar surface area (TPSA) is 64.6 Å². The second-order valence-corrected chi connectivity index (χ2v) is 6.66. The highest BCUT2D eigenvalue weighted by atomic mass is 16.5. The van der Waals surface area contributed by atoms with Gasteiger partial charge in [0.15, 0.2) is 0 Å². The van der Waals surface area contributed by atoms with Crippen LogP contribution < -0.4 is 5.32 Å². The number of carbonyl (C=O) groups excluding carboxylic acids is 2. The monoisotopic (exact) mass is 299 g/mol. The molecule has 1 saturated heterocycles. The highest BCUT2D eigenvalue weighted by Gasteiger charge is 2.39. The van der Waals surface area contributed by atoms with E-state index in [1.807, 2.05) is 20.8 Å². The highest BCUT2D eigenvalue weighted by Crippen LogP contribution is 2.28. The summed E-state index contributed by atoms with van der Waals surface area (Å²) < 4.78 is 10.7. The van der Waals surface area contributed by atoms with Crippen molar-refractivity contribution in [3.63, 3.8) is 0 Å². The van der Waals surface area contributed by atoms with Crippen LogP contribution in [0.15, 0.2) is 0 Å². The number of amides is 1. The van der Waals surface area contributed by atoms with Crippen LogP contribution in [-0.2, 0) is 19.1 Å². The first kappa shape index (κ1) is 18.0. The summed E-state index contributed by atoms with van der Waals surface area (Å²) in [7, 11) is 0. The molecule has 1 fully saturated rings. The second kappa shape index (κ2) is 7.78. The van der Waals surface area contributed by atoms with Gasteiger partial charge in [0, 0.05) is 19.1 Å². The molecule has 3 unspecified atom stereocenters. The summed E-state index contributed by atoms with van der Waals surface area (Å²) in [5, 5.41) is 2.92. The lowest BCUT2D eigenvalue weighted by Gasteiger charge is -2.28. The first-order valence-electron chi connectivity index (χ1n) is 7.87. The normalized spacial score (nSPS) is 23.7. The van der Waals surface area contributed by atoms with E-state index in [4.69, 9.17) is 9.47 Å². The average molecular weight is 299 g/mol. The molecule has 0 bridgehead atoms. The molecule has 1 aliphatic rings. The van der Waals surface area contributed by atoms with Crippen LogP contribution in [0.25, 0.3) is 0 Å². The lowest BCUT2D eigenvalue weighted by atomic mass is 9.80. The van der Waals surface area contributed by atoms with Gasteiger partial charge in [0.05, 0.1) is 12.7 Å². The van der Waals surface area contributed by atoms with Gasteiger partial charge in [-0.3, -0.25) is 9.59 Å². The zero-order chi connectivity index (χ0) is 16.0. The van der Waals surface area contributed by atoms with Gasteiger partial charge in [-0.15, -0.1) is 0 Å². The maximum Gasteiger partial charge on any atom is 0.319 e. The quantitative estimate of drug-likeness (QED) is 0.603. The van der Waals surface area contributed by atoms with Gasteiger partial charge < -0.3 is 14.8 Å². The smallest absolute Gasteiger partial charge is 0.319 e. The van der Waals surface area contributed by atoms with Crippen molar-refractivity contribution in [2.45, 2.75) is 53.6 Å². The Morgan fingerprint density at radius 1 is 1.33 bits per heavy atom. The summed E-state index contributed by atoms with van der Waals surface area (Å²) >= 11 is 0. The van der Waals surface area contributed by atoms with Gasteiger partial charge in [-0.2, -0.15) is 0 Å². The first-order chi connectivity index (χ1) is 9.81. The molecule has 0 spiro atoms. The Hall–Kier alpha value is -1.10. The fourth-order valence-corrected chi connectivity index (χ4v) is 2.79. The molecule has 1 heterocycles. The third-order valence-electron chi connectivity index (χ3n) is 3.94. The fourth-order valence-electron chi connectivity index (χ4n) is 2.79. The van der Waals surface area contributed by atoms with E-state index in [1.54, 1.807) is 6.92 Å². The van der Waals surface area contributed by atoms with Crippen molar-refractivity contribution in [1.29, 1.82) is 0 Å². The van der Waals surface area contributed by atoms with E-state index >= 15 is 0 Å². The summed E-state index contributed by atoms with van der Waals surface area (Å²) in [5.41, 5.74) is -0.466. The minimum atomic E-state index is -0.778. The van der Waals surface area contributed by atoms with Crippen molar-refractivity contribution >= 4 is 11.9 Å². The number of esters is 1. The Balaban J connectivity index is 2.63. The number of rotatable bonds is 6. The molecule has 5 nitrogen and oxygen atoms in total. The first-order valence-corrected chi connectivity index (χ1v) is 7.87. The molecule has 5 heteroatoms. The summed E-state index contributed by atoms with van der Waals surface area (Å²) in [6.07, 6.45) is 2.11. The Kier molecular flexibility index (Phi) is 6.65. The van der Waals surface area contributed by atoms with Crippen LogP contribution in [0.3, 0.4) is 0 Å². The minimum absolute atomic E-state index is 0.209. The fraction of sp³-hybridized carbons (Fsp3) is 0.875. The zero-order valence-electron chi connectivity index (χ0n) is 13.9. The molecule has 0 saturated carbocycles. The van der Waals surface area contributed by atoms with Crippen LogP contribution in [0.5, 0.6) is 0 Å². The molecule has 0 aromatic carbocycles. The molecule has 0 aliphatic carbocycles. The predicted molar refractivity (Wildman–Crippen MR) is 80.7 cm³/mol. The molecular formula is C16H29NO4. The van der Waals surface area contributed by atoms with E-state index in [9.17, 15) is 9.59 Å². The molecule has 1 aliphatic heterocycles. The summed E-state index contributed by atoms with van der Waals surface area (Å²) in [6.45, 7) is 11.1. The van der Waals surface area contributed by atoms with Gasteiger partial charge in [0.1, 0.15) is 5.92 Å². The third kappa shape index (κ3) is 4.99. The Bertz CT molecular complexity index is 362. The van der Waals surface area contributed by atoms with Crippen LogP contribution in [0.4, 0.5) is 0 Å². The summed E-state index contributed by atoms with van der Waals surface area (Å²) in [4.78, 5) is 24.4. The van der Waals surface area contributed by atoms with Crippen LogP contribution in [0.2, 0.25) is 0 Å². The van der Waals surface area contributed by atoms with Crippen molar-refractivity contribution in [3.05, 3.63) is 0 Å². The van der Waals surface area contributed by atoms with E-state index in [2.05, 4.69) is 12.2 Å². The Morgan fingerprint density at radius 2 is 2.00 bits per heavy atom. The van der Waals surface area contributed by atoms with Crippen molar-refractivity contribution in [3.8, 4) is 0 Å². The van der Waals surface area contributed by atoms with E-state index in [-0.39, 0.29) is 18.6 Å². The SMILES string of the molecule is CCOC(=O)C(C(=O)NCC1CCOC1CC)C(C)(C)C. The van der Waals surface area contributed by atoms with E-state index < -0.39 is 17.3 Å². The molecule has 3 atom stereocenters. The molecule has 0 aromatic rings. The molecule has 1 amide bonds. The van der Waals surface area contributed by atoms with Gasteiger partial charge in [-0.1, -0.05) is 27.7 Å². The molecular weight excluding hydrogens is 270 g/mol. The highest BCUT2D eigenvalue weighted by molar-refractivity contribution is 5.98. The largest absolute Gasteiger partial charge is 0.465 e. The molecule has 0 radical (unpaired) electrons. The zero-order valence-corrected chi connectivity index (χ0v) is 13.9. The average Bonchev–Trinajstić information content (AvgIpc) is 2.82. The van der Waals surface area contributed by atoms with Gasteiger partial charge in [0.2, 0.25) is 5.91 Å². The summed E-state index contributed by atoms with van der Waals surface area (Å²) in [5.74, 6) is -1.14.